The molecule has 2 rings (SSSR count). The Hall–Kier alpha value is -1.72. The van der Waals surface area contributed by atoms with Gasteiger partial charge in [-0.25, -0.2) is 4.79 Å². The van der Waals surface area contributed by atoms with Crippen molar-refractivity contribution < 1.29 is 23.1 Å². The zero-order valence-corrected chi connectivity index (χ0v) is 29.3. The van der Waals surface area contributed by atoms with Gasteiger partial charge in [-0.2, -0.15) is 0 Å². The van der Waals surface area contributed by atoms with Crippen molar-refractivity contribution in [2.75, 3.05) is 6.61 Å². The molecule has 0 spiro atoms. The number of ether oxygens (including phenoxy) is 2. The van der Waals surface area contributed by atoms with Crippen molar-refractivity contribution >= 4 is 22.7 Å². The number of amides is 1. The largest absolute Gasteiger partial charge is 0.444 e. The predicted molar refractivity (Wildman–Crippen MR) is 170 cm³/mol. The maximum Gasteiger partial charge on any atom is 0.412 e. The summed E-state index contributed by atoms with van der Waals surface area (Å²) >= 11 is 0. The van der Waals surface area contributed by atoms with Gasteiger partial charge in [0.1, 0.15) is 12.3 Å². The molecule has 0 aliphatic carbocycles. The lowest BCUT2D eigenvalue weighted by atomic mass is 10.1. The van der Waals surface area contributed by atoms with Gasteiger partial charge in [-0.15, -0.1) is 0 Å². The normalized spacial score (nSPS) is 20.3. The summed E-state index contributed by atoms with van der Waals surface area (Å²) < 4.78 is 25.7. The SMILES string of the molecule is C/C=C/[C@H](O[Si](C)(C)C(C)(C)C)[C@H](/C=C/[C@@H]1COC(C)(C)N1C(=O)OCc1ccccc1)O[Si](C)(C)C(C)(C)C. The third-order valence-corrected chi connectivity index (χ3v) is 17.6. The number of hydrogen-bond acceptors (Lipinski definition) is 5. The smallest absolute Gasteiger partial charge is 0.412 e. The van der Waals surface area contributed by atoms with E-state index in [1.807, 2.05) is 63.3 Å². The first-order valence-corrected chi connectivity index (χ1v) is 20.3. The van der Waals surface area contributed by atoms with E-state index in [0.29, 0.717) is 6.61 Å². The topological polar surface area (TPSA) is 57.2 Å². The fourth-order valence-corrected chi connectivity index (χ4v) is 6.50. The van der Waals surface area contributed by atoms with Gasteiger partial charge in [0.15, 0.2) is 16.6 Å². The summed E-state index contributed by atoms with van der Waals surface area (Å²) in [5.74, 6) is 0. The molecule has 1 aliphatic heterocycles. The van der Waals surface area contributed by atoms with E-state index in [9.17, 15) is 4.79 Å². The van der Waals surface area contributed by atoms with Crippen LogP contribution in [-0.4, -0.2) is 58.2 Å². The Labute approximate surface area is 246 Å². The van der Waals surface area contributed by atoms with Crippen LogP contribution in [0.15, 0.2) is 54.6 Å². The van der Waals surface area contributed by atoms with Crippen LogP contribution in [0.2, 0.25) is 36.3 Å². The van der Waals surface area contributed by atoms with Crippen LogP contribution in [0.1, 0.15) is 67.9 Å². The first-order chi connectivity index (χ1) is 18.2. The van der Waals surface area contributed by atoms with Crippen molar-refractivity contribution in [3.63, 3.8) is 0 Å². The molecule has 1 aromatic carbocycles. The maximum atomic E-state index is 13.3. The van der Waals surface area contributed by atoms with Crippen molar-refractivity contribution in [2.24, 2.45) is 0 Å². The highest BCUT2D eigenvalue weighted by atomic mass is 28.4. The van der Waals surface area contributed by atoms with Crippen LogP contribution < -0.4 is 0 Å². The molecule has 8 heteroatoms. The van der Waals surface area contributed by atoms with Crippen LogP contribution in [-0.2, 0) is 24.9 Å². The van der Waals surface area contributed by atoms with Crippen LogP contribution in [0.3, 0.4) is 0 Å². The molecule has 0 radical (unpaired) electrons. The lowest BCUT2D eigenvalue weighted by molar-refractivity contribution is -0.0480. The summed E-state index contributed by atoms with van der Waals surface area (Å²) in [6, 6.07) is 9.43. The second-order valence-electron chi connectivity index (χ2n) is 14.3. The lowest BCUT2D eigenvalue weighted by Gasteiger charge is -2.44. The van der Waals surface area contributed by atoms with Gasteiger partial charge < -0.3 is 18.3 Å². The van der Waals surface area contributed by atoms with Crippen LogP contribution >= 0.6 is 0 Å². The van der Waals surface area contributed by atoms with Crippen molar-refractivity contribution in [1.29, 1.82) is 0 Å². The molecule has 0 aromatic heterocycles. The molecule has 0 unspecified atom stereocenters. The van der Waals surface area contributed by atoms with Crippen LogP contribution in [0.5, 0.6) is 0 Å². The van der Waals surface area contributed by atoms with Gasteiger partial charge >= 0.3 is 6.09 Å². The van der Waals surface area contributed by atoms with Crippen LogP contribution in [0, 0.1) is 0 Å². The van der Waals surface area contributed by atoms with Gasteiger partial charge in [-0.1, -0.05) is 96.2 Å². The van der Waals surface area contributed by atoms with E-state index in [1.54, 1.807) is 4.90 Å². The summed E-state index contributed by atoms with van der Waals surface area (Å²) in [5, 5.41) is 0.0863. The van der Waals surface area contributed by atoms with Crippen molar-refractivity contribution in [3.8, 4) is 0 Å². The summed E-state index contributed by atoms with van der Waals surface area (Å²) in [4.78, 5) is 15.0. The van der Waals surface area contributed by atoms with Gasteiger partial charge in [0.05, 0.1) is 24.9 Å². The minimum Gasteiger partial charge on any atom is -0.444 e. The van der Waals surface area contributed by atoms with E-state index < -0.39 is 28.5 Å². The summed E-state index contributed by atoms with van der Waals surface area (Å²) in [5.41, 5.74) is 0.152. The predicted octanol–water partition coefficient (Wildman–Crippen LogP) is 8.67. The molecule has 0 bridgehead atoms. The highest BCUT2D eigenvalue weighted by molar-refractivity contribution is 6.74. The number of hydrogen-bond donors (Lipinski definition) is 0. The van der Waals surface area contributed by atoms with E-state index in [2.05, 4.69) is 79.9 Å². The lowest BCUT2D eigenvalue weighted by Crippen LogP contribution is -2.51. The molecular weight excluding hydrogens is 535 g/mol. The third kappa shape index (κ3) is 8.89. The molecule has 1 aliphatic rings. The second-order valence-corrected chi connectivity index (χ2v) is 23.8. The molecule has 1 amide bonds. The molecule has 226 valence electrons. The van der Waals surface area contributed by atoms with Gasteiger partial charge in [-0.05, 0) is 62.6 Å². The zero-order chi connectivity index (χ0) is 30.6. The number of carbonyl (C=O) groups is 1. The third-order valence-electron chi connectivity index (χ3n) is 8.62. The molecule has 40 heavy (non-hydrogen) atoms. The molecule has 1 saturated heterocycles. The van der Waals surface area contributed by atoms with Crippen molar-refractivity contribution in [3.05, 3.63) is 60.2 Å². The molecule has 6 nitrogen and oxygen atoms in total. The number of benzene rings is 1. The minimum absolute atomic E-state index is 0.0300. The molecule has 1 fully saturated rings. The highest BCUT2D eigenvalue weighted by Gasteiger charge is 2.46. The second kappa shape index (κ2) is 13.1. The van der Waals surface area contributed by atoms with E-state index >= 15 is 0 Å². The number of nitrogens with zero attached hydrogens (tertiary/aromatic N) is 1. The molecule has 1 heterocycles. The molecule has 0 saturated carbocycles. The zero-order valence-electron chi connectivity index (χ0n) is 27.3. The Balaban J connectivity index is 2.40. The van der Waals surface area contributed by atoms with Crippen LogP contribution in [0.25, 0.3) is 0 Å². The Morgan fingerprint density at radius 3 is 1.95 bits per heavy atom. The van der Waals surface area contributed by atoms with E-state index in [-0.39, 0.29) is 34.9 Å². The summed E-state index contributed by atoms with van der Waals surface area (Å²) in [7, 11) is -4.27. The highest BCUT2D eigenvalue weighted by Crippen LogP contribution is 2.41. The fourth-order valence-electron chi connectivity index (χ4n) is 4.01. The Bertz CT molecular complexity index is 1020. The summed E-state index contributed by atoms with van der Waals surface area (Å²) in [6.45, 7) is 29.0. The minimum atomic E-state index is -2.16. The molecule has 1 aromatic rings. The first kappa shape index (κ1) is 34.5. The fraction of sp³-hybridized carbons (Fsp3) is 0.656. The summed E-state index contributed by atoms with van der Waals surface area (Å²) in [6.07, 6.45) is 7.34. The standard InChI is InChI=1S/C32H55NO5Si2/c1-14-18-27(37-39(10,11)30(2,3)4)28(38-40(12,13)31(5,6)7)22-21-26-24-36-32(8,9)33(26)29(34)35-23-25-19-16-15-17-20-25/h14-22,26-28H,23-24H2,1-13H3/b18-14+,22-21+/t26-,27+,28+/m1/s1. The monoisotopic (exact) mass is 589 g/mol. The van der Waals surface area contributed by atoms with E-state index in [4.69, 9.17) is 18.3 Å². The van der Waals surface area contributed by atoms with E-state index in [0.717, 1.165) is 5.56 Å². The Kier molecular flexibility index (Phi) is 11.3. The van der Waals surface area contributed by atoms with Gasteiger partial charge in [0.2, 0.25) is 0 Å². The molecule has 0 N–H and O–H groups in total. The Morgan fingerprint density at radius 1 is 0.975 bits per heavy atom. The average Bonchev–Trinajstić information content (AvgIpc) is 3.13. The van der Waals surface area contributed by atoms with Crippen LogP contribution in [0.4, 0.5) is 4.79 Å². The molecular formula is C32H55NO5Si2. The van der Waals surface area contributed by atoms with Gasteiger partial charge in [0.25, 0.3) is 0 Å². The molecule has 3 atom stereocenters. The number of allylic oxidation sites excluding steroid dienone is 1. The van der Waals surface area contributed by atoms with E-state index in [1.165, 1.54) is 0 Å². The van der Waals surface area contributed by atoms with Gasteiger partial charge in [-0.3, -0.25) is 4.90 Å². The van der Waals surface area contributed by atoms with Gasteiger partial charge in [0, 0.05) is 0 Å². The quantitative estimate of drug-likeness (QED) is 0.202. The Morgan fingerprint density at radius 2 is 1.48 bits per heavy atom. The average molecular weight is 590 g/mol. The van der Waals surface area contributed by atoms with Crippen molar-refractivity contribution in [2.45, 2.75) is 129 Å². The number of rotatable bonds is 10. The maximum absolute atomic E-state index is 13.3. The first-order valence-electron chi connectivity index (χ1n) is 14.5. The number of carbonyl (C=O) groups excluding carboxylic acids is 1. The van der Waals surface area contributed by atoms with Crippen molar-refractivity contribution in [1.82, 2.24) is 4.90 Å².